The van der Waals surface area contributed by atoms with Crippen LogP contribution in [0.1, 0.15) is 17.5 Å². The maximum atomic E-state index is 12.9. The number of benzene rings is 2. The topological polar surface area (TPSA) is 86.9 Å². The molecule has 7 heteroatoms. The van der Waals surface area contributed by atoms with E-state index in [-0.39, 0.29) is 23.4 Å². The summed E-state index contributed by atoms with van der Waals surface area (Å²) in [6, 6.07) is 11.4. The van der Waals surface area contributed by atoms with Crippen molar-refractivity contribution >= 4 is 17.3 Å². The highest BCUT2D eigenvalue weighted by atomic mass is 16.6. The van der Waals surface area contributed by atoms with Gasteiger partial charge in [0.05, 0.1) is 16.7 Å². The highest BCUT2D eigenvalue weighted by Gasteiger charge is 2.38. The highest BCUT2D eigenvalue weighted by Crippen LogP contribution is 2.30. The molecular weight excluding hydrogens is 334 g/mol. The van der Waals surface area contributed by atoms with E-state index in [0.29, 0.717) is 25.2 Å². The number of rotatable bonds is 3. The average Bonchev–Trinajstić information content (AvgIpc) is 3.02. The van der Waals surface area contributed by atoms with E-state index in [9.17, 15) is 20.0 Å². The summed E-state index contributed by atoms with van der Waals surface area (Å²) in [4.78, 5) is 27.2. The maximum Gasteiger partial charge on any atom is 0.271 e. The lowest BCUT2D eigenvalue weighted by Gasteiger charge is -2.32. The molecule has 1 N–H and O–H groups in total. The van der Waals surface area contributed by atoms with Crippen molar-refractivity contribution < 1.29 is 14.8 Å². The van der Waals surface area contributed by atoms with Gasteiger partial charge >= 0.3 is 0 Å². The number of phenolic OH excluding ortho intramolecular Hbond substituents is 1. The van der Waals surface area contributed by atoms with Gasteiger partial charge < -0.3 is 10.0 Å². The predicted octanol–water partition coefficient (Wildman–Crippen LogP) is 2.46. The van der Waals surface area contributed by atoms with Crippen molar-refractivity contribution in [1.82, 2.24) is 4.90 Å². The summed E-state index contributed by atoms with van der Waals surface area (Å²) in [6.45, 7) is 1.97. The summed E-state index contributed by atoms with van der Waals surface area (Å²) in [5, 5.41) is 20.7. The number of non-ortho nitro benzene ring substituents is 1. The lowest BCUT2D eigenvalue weighted by Crippen LogP contribution is -2.44. The zero-order chi connectivity index (χ0) is 18.3. The van der Waals surface area contributed by atoms with E-state index in [0.717, 1.165) is 18.5 Å². The number of hydrogen-bond donors (Lipinski definition) is 1. The molecule has 7 nitrogen and oxygen atoms in total. The zero-order valence-electron chi connectivity index (χ0n) is 14.2. The normalized spacial score (nSPS) is 20.2. The molecular formula is C19H19N3O4. The molecule has 4 rings (SSSR count). The summed E-state index contributed by atoms with van der Waals surface area (Å²) in [6.07, 6.45) is 1.53. The van der Waals surface area contributed by atoms with E-state index in [2.05, 4.69) is 4.90 Å². The molecule has 2 aromatic carbocycles. The molecule has 1 fully saturated rings. The first kappa shape index (κ1) is 16.5. The van der Waals surface area contributed by atoms with Gasteiger partial charge in [-0.1, -0.05) is 12.1 Å². The summed E-state index contributed by atoms with van der Waals surface area (Å²) in [7, 11) is 0. The van der Waals surface area contributed by atoms with Crippen molar-refractivity contribution in [2.24, 2.45) is 0 Å². The lowest BCUT2D eigenvalue weighted by molar-refractivity contribution is -0.384. The van der Waals surface area contributed by atoms with E-state index in [4.69, 9.17) is 0 Å². The first-order valence-electron chi connectivity index (χ1n) is 8.63. The second-order valence-electron chi connectivity index (χ2n) is 6.74. The molecule has 134 valence electrons. The molecule has 0 spiro atoms. The van der Waals surface area contributed by atoms with Gasteiger partial charge in [-0.05, 0) is 42.2 Å². The summed E-state index contributed by atoms with van der Waals surface area (Å²) < 4.78 is 0. The first-order valence-corrected chi connectivity index (χ1v) is 8.63. The van der Waals surface area contributed by atoms with E-state index < -0.39 is 4.92 Å². The number of aromatic hydroxyl groups is 1. The van der Waals surface area contributed by atoms with E-state index in [1.807, 2.05) is 6.07 Å². The number of carbonyl (C=O) groups excluding carboxylic acids is 1. The van der Waals surface area contributed by atoms with Gasteiger partial charge in [0.25, 0.3) is 5.69 Å². The molecule has 1 amide bonds. The largest absolute Gasteiger partial charge is 0.508 e. The van der Waals surface area contributed by atoms with Crippen LogP contribution in [0.25, 0.3) is 0 Å². The molecule has 1 saturated heterocycles. The van der Waals surface area contributed by atoms with Gasteiger partial charge in [0.2, 0.25) is 5.91 Å². The number of nitro benzene ring substituents is 1. The first-order chi connectivity index (χ1) is 12.5. The van der Waals surface area contributed by atoms with Crippen molar-refractivity contribution in [2.45, 2.75) is 25.4 Å². The van der Waals surface area contributed by atoms with Crippen LogP contribution in [0.15, 0.2) is 42.5 Å². The monoisotopic (exact) mass is 353 g/mol. The van der Waals surface area contributed by atoms with Gasteiger partial charge in [-0.25, -0.2) is 0 Å². The van der Waals surface area contributed by atoms with E-state index in [1.54, 1.807) is 29.2 Å². The Morgan fingerprint density at radius 2 is 1.96 bits per heavy atom. The van der Waals surface area contributed by atoms with Crippen molar-refractivity contribution in [3.05, 3.63) is 63.7 Å². The molecule has 0 radical (unpaired) electrons. The molecule has 0 aromatic heterocycles. The van der Waals surface area contributed by atoms with Crippen LogP contribution >= 0.6 is 0 Å². The van der Waals surface area contributed by atoms with Crippen LogP contribution in [0.2, 0.25) is 0 Å². The summed E-state index contributed by atoms with van der Waals surface area (Å²) in [5.41, 5.74) is 2.82. The molecule has 2 aliphatic heterocycles. The highest BCUT2D eigenvalue weighted by molar-refractivity contribution is 5.99. The minimum atomic E-state index is -0.449. The van der Waals surface area contributed by atoms with Crippen LogP contribution in [-0.2, 0) is 17.8 Å². The molecule has 1 unspecified atom stereocenters. The standard InChI is InChI=1S/C19H19N3O4/c23-17-5-4-13-6-8-20(12-14(13)10-17)18-7-9-21(19(18)24)15-2-1-3-16(11-15)22(25)26/h1-5,10-11,18,23H,6-9,12H2. The number of hydrogen-bond acceptors (Lipinski definition) is 5. The van der Waals surface area contributed by atoms with Gasteiger partial charge in [0.1, 0.15) is 5.75 Å². The van der Waals surface area contributed by atoms with E-state index >= 15 is 0 Å². The summed E-state index contributed by atoms with van der Waals surface area (Å²) >= 11 is 0. The fourth-order valence-electron chi connectivity index (χ4n) is 3.87. The Bertz CT molecular complexity index is 883. The van der Waals surface area contributed by atoms with Crippen molar-refractivity contribution in [3.8, 4) is 5.75 Å². The second kappa shape index (κ2) is 6.42. The number of carbonyl (C=O) groups is 1. The third kappa shape index (κ3) is 2.90. The lowest BCUT2D eigenvalue weighted by atomic mass is 9.98. The van der Waals surface area contributed by atoms with Gasteiger partial charge in [-0.3, -0.25) is 19.8 Å². The van der Waals surface area contributed by atoms with Crippen LogP contribution in [-0.4, -0.2) is 40.0 Å². The molecule has 0 saturated carbocycles. The number of nitrogens with zero attached hydrogens (tertiary/aromatic N) is 3. The number of amides is 1. The van der Waals surface area contributed by atoms with Crippen molar-refractivity contribution in [2.75, 3.05) is 18.0 Å². The fraction of sp³-hybridized carbons (Fsp3) is 0.316. The number of nitro groups is 1. The Morgan fingerprint density at radius 3 is 2.77 bits per heavy atom. The fourth-order valence-corrected chi connectivity index (χ4v) is 3.87. The smallest absolute Gasteiger partial charge is 0.271 e. The molecule has 2 aromatic rings. The molecule has 0 aliphatic carbocycles. The molecule has 1 atom stereocenters. The maximum absolute atomic E-state index is 12.9. The van der Waals surface area contributed by atoms with Crippen LogP contribution in [0.5, 0.6) is 5.75 Å². The van der Waals surface area contributed by atoms with Gasteiger partial charge in [0.15, 0.2) is 0 Å². The van der Waals surface area contributed by atoms with Crippen LogP contribution < -0.4 is 4.90 Å². The van der Waals surface area contributed by atoms with Crippen molar-refractivity contribution in [3.63, 3.8) is 0 Å². The zero-order valence-corrected chi connectivity index (χ0v) is 14.2. The van der Waals surface area contributed by atoms with Gasteiger partial charge in [-0.2, -0.15) is 0 Å². The quantitative estimate of drug-likeness (QED) is 0.677. The number of phenols is 1. The second-order valence-corrected chi connectivity index (χ2v) is 6.74. The van der Waals surface area contributed by atoms with Gasteiger partial charge in [0, 0.05) is 31.8 Å². The number of fused-ring (bicyclic) bond motifs is 1. The van der Waals surface area contributed by atoms with Gasteiger partial charge in [-0.15, -0.1) is 0 Å². The molecule has 26 heavy (non-hydrogen) atoms. The Morgan fingerprint density at radius 1 is 1.12 bits per heavy atom. The molecule has 2 aliphatic rings. The Balaban J connectivity index is 1.53. The third-order valence-corrected chi connectivity index (χ3v) is 5.20. The predicted molar refractivity (Wildman–Crippen MR) is 96.1 cm³/mol. The van der Waals surface area contributed by atoms with Crippen LogP contribution in [0, 0.1) is 10.1 Å². The van der Waals surface area contributed by atoms with Crippen LogP contribution in [0.3, 0.4) is 0 Å². The average molecular weight is 353 g/mol. The Kier molecular flexibility index (Phi) is 4.08. The van der Waals surface area contributed by atoms with Crippen molar-refractivity contribution in [1.29, 1.82) is 0 Å². The van der Waals surface area contributed by atoms with Crippen LogP contribution in [0.4, 0.5) is 11.4 Å². The Labute approximate surface area is 150 Å². The minimum Gasteiger partial charge on any atom is -0.508 e. The Hall–Kier alpha value is -2.93. The number of anilines is 1. The van der Waals surface area contributed by atoms with E-state index in [1.165, 1.54) is 17.7 Å². The SMILES string of the molecule is O=C1C(N2CCc3ccc(O)cc3C2)CCN1c1cccc([N+](=O)[O-])c1. The minimum absolute atomic E-state index is 0.0128. The molecule has 2 heterocycles. The molecule has 0 bridgehead atoms. The summed E-state index contributed by atoms with van der Waals surface area (Å²) in [5.74, 6) is 0.218. The third-order valence-electron chi connectivity index (χ3n) is 5.20.